The molecule has 3 nitrogen and oxygen atoms in total. The van der Waals surface area contributed by atoms with Crippen molar-refractivity contribution in [1.29, 1.82) is 0 Å². The van der Waals surface area contributed by atoms with Crippen LogP contribution in [-0.2, 0) is 17.3 Å². The lowest BCUT2D eigenvalue weighted by molar-refractivity contribution is 0.273. The standard InChI is InChI=1S/C18H23NO2S/c1-22(21)18-9-7-15(8-10-18)13-19-14-17(11-12-20)16-5-3-2-4-6-16/h2-10,17,19-20H,11-14H2,1H3. The lowest BCUT2D eigenvalue weighted by atomic mass is 9.96. The molecule has 0 aromatic heterocycles. The summed E-state index contributed by atoms with van der Waals surface area (Å²) in [4.78, 5) is 0.853. The van der Waals surface area contributed by atoms with Crippen LogP contribution in [-0.4, -0.2) is 28.7 Å². The smallest absolute Gasteiger partial charge is 0.0498 e. The van der Waals surface area contributed by atoms with E-state index >= 15 is 0 Å². The van der Waals surface area contributed by atoms with Crippen LogP contribution in [0.15, 0.2) is 59.5 Å². The molecule has 2 N–H and O–H groups in total. The summed E-state index contributed by atoms with van der Waals surface area (Å²) in [7, 11) is -0.926. The number of aliphatic hydroxyl groups is 1. The number of rotatable bonds is 8. The minimum Gasteiger partial charge on any atom is -0.396 e. The average molecular weight is 317 g/mol. The van der Waals surface area contributed by atoms with Gasteiger partial charge in [-0.05, 0) is 35.6 Å². The molecule has 0 spiro atoms. The molecule has 118 valence electrons. The number of benzene rings is 2. The zero-order chi connectivity index (χ0) is 15.8. The third-order valence-corrected chi connectivity index (χ3v) is 4.66. The van der Waals surface area contributed by atoms with Crippen LogP contribution in [0.1, 0.15) is 23.5 Å². The highest BCUT2D eigenvalue weighted by atomic mass is 32.2. The Morgan fingerprint density at radius 1 is 1.09 bits per heavy atom. The van der Waals surface area contributed by atoms with E-state index in [0.29, 0.717) is 5.92 Å². The highest BCUT2D eigenvalue weighted by Gasteiger charge is 2.10. The average Bonchev–Trinajstić information content (AvgIpc) is 2.55. The SMILES string of the molecule is CS(=O)c1ccc(CNCC(CCO)c2ccccc2)cc1. The summed E-state index contributed by atoms with van der Waals surface area (Å²) in [5, 5.41) is 12.7. The molecule has 0 aliphatic rings. The second kappa shape index (κ2) is 8.83. The summed E-state index contributed by atoms with van der Waals surface area (Å²) < 4.78 is 11.4. The molecule has 22 heavy (non-hydrogen) atoms. The van der Waals surface area contributed by atoms with Crippen LogP contribution < -0.4 is 5.32 Å². The molecule has 0 radical (unpaired) electrons. The molecular formula is C18H23NO2S. The van der Waals surface area contributed by atoms with Crippen molar-refractivity contribution in [3.8, 4) is 0 Å². The lowest BCUT2D eigenvalue weighted by Crippen LogP contribution is -2.22. The maximum atomic E-state index is 11.4. The van der Waals surface area contributed by atoms with Crippen LogP contribution in [0.4, 0.5) is 0 Å². The Kier molecular flexibility index (Phi) is 6.77. The molecule has 0 bridgehead atoms. The van der Waals surface area contributed by atoms with Crippen LogP contribution in [0.25, 0.3) is 0 Å². The molecule has 2 aromatic carbocycles. The number of nitrogens with one attached hydrogen (secondary N) is 1. The molecule has 2 aromatic rings. The summed E-state index contributed by atoms with van der Waals surface area (Å²) in [6, 6.07) is 18.1. The summed E-state index contributed by atoms with van der Waals surface area (Å²) in [5.74, 6) is 0.314. The molecule has 4 heteroatoms. The van der Waals surface area contributed by atoms with Gasteiger partial charge in [0, 0.05) is 41.6 Å². The van der Waals surface area contributed by atoms with Gasteiger partial charge in [0.2, 0.25) is 0 Å². The fraction of sp³-hybridized carbons (Fsp3) is 0.333. The molecule has 0 saturated heterocycles. The van der Waals surface area contributed by atoms with Gasteiger partial charge in [-0.3, -0.25) is 4.21 Å². The lowest BCUT2D eigenvalue weighted by Gasteiger charge is -2.17. The zero-order valence-corrected chi connectivity index (χ0v) is 13.7. The van der Waals surface area contributed by atoms with Crippen molar-refractivity contribution in [3.63, 3.8) is 0 Å². The van der Waals surface area contributed by atoms with Crippen molar-refractivity contribution in [3.05, 3.63) is 65.7 Å². The van der Waals surface area contributed by atoms with E-state index < -0.39 is 10.8 Å². The Hall–Kier alpha value is -1.49. The third-order valence-electron chi connectivity index (χ3n) is 3.72. The van der Waals surface area contributed by atoms with E-state index in [1.807, 2.05) is 42.5 Å². The fourth-order valence-corrected chi connectivity index (χ4v) is 2.98. The van der Waals surface area contributed by atoms with Crippen molar-refractivity contribution >= 4 is 10.8 Å². The van der Waals surface area contributed by atoms with Gasteiger partial charge in [-0.2, -0.15) is 0 Å². The molecule has 0 saturated carbocycles. The number of hydrogen-bond donors (Lipinski definition) is 2. The second-order valence-electron chi connectivity index (χ2n) is 5.35. The van der Waals surface area contributed by atoms with Crippen molar-refractivity contribution in [2.24, 2.45) is 0 Å². The largest absolute Gasteiger partial charge is 0.396 e. The van der Waals surface area contributed by atoms with Crippen LogP contribution >= 0.6 is 0 Å². The summed E-state index contributed by atoms with van der Waals surface area (Å²) in [6.07, 6.45) is 2.44. The molecule has 2 rings (SSSR count). The zero-order valence-electron chi connectivity index (χ0n) is 12.9. The maximum absolute atomic E-state index is 11.4. The Labute approximate surface area is 134 Å². The Morgan fingerprint density at radius 2 is 1.77 bits per heavy atom. The first-order chi connectivity index (χ1) is 10.7. The summed E-state index contributed by atoms with van der Waals surface area (Å²) in [5.41, 5.74) is 2.42. The van der Waals surface area contributed by atoms with E-state index in [4.69, 9.17) is 0 Å². The van der Waals surface area contributed by atoms with E-state index in [1.54, 1.807) is 6.26 Å². The van der Waals surface area contributed by atoms with E-state index in [1.165, 1.54) is 11.1 Å². The predicted molar refractivity (Wildman–Crippen MR) is 91.4 cm³/mol. The molecule has 0 aliphatic carbocycles. The summed E-state index contributed by atoms with van der Waals surface area (Å²) in [6.45, 7) is 1.79. The van der Waals surface area contributed by atoms with Gasteiger partial charge in [0.05, 0.1) is 0 Å². The van der Waals surface area contributed by atoms with Gasteiger partial charge in [0.25, 0.3) is 0 Å². The van der Waals surface area contributed by atoms with Crippen LogP contribution in [0.5, 0.6) is 0 Å². The van der Waals surface area contributed by atoms with Gasteiger partial charge in [-0.25, -0.2) is 0 Å². The van der Waals surface area contributed by atoms with Crippen molar-refractivity contribution in [2.75, 3.05) is 19.4 Å². The van der Waals surface area contributed by atoms with Gasteiger partial charge in [0.1, 0.15) is 0 Å². The molecule has 0 amide bonds. The van der Waals surface area contributed by atoms with Gasteiger partial charge >= 0.3 is 0 Å². The van der Waals surface area contributed by atoms with Gasteiger partial charge in [-0.15, -0.1) is 0 Å². The maximum Gasteiger partial charge on any atom is 0.0498 e. The Bertz CT molecular complexity index is 584. The topological polar surface area (TPSA) is 49.3 Å². The first-order valence-corrected chi connectivity index (χ1v) is 9.05. The van der Waals surface area contributed by atoms with E-state index in [9.17, 15) is 9.32 Å². The molecule has 2 atom stereocenters. The molecule has 2 unspecified atom stereocenters. The highest BCUT2D eigenvalue weighted by molar-refractivity contribution is 7.84. The predicted octanol–water partition coefficient (Wildman–Crippen LogP) is 2.68. The molecule has 0 aliphatic heterocycles. The van der Waals surface area contributed by atoms with Crippen molar-refractivity contribution in [1.82, 2.24) is 5.32 Å². The van der Waals surface area contributed by atoms with E-state index in [2.05, 4.69) is 17.4 Å². The van der Waals surface area contributed by atoms with Crippen molar-refractivity contribution < 1.29 is 9.32 Å². The first-order valence-electron chi connectivity index (χ1n) is 7.49. The number of aliphatic hydroxyl groups excluding tert-OH is 1. The monoisotopic (exact) mass is 317 g/mol. The van der Waals surface area contributed by atoms with Crippen molar-refractivity contribution in [2.45, 2.75) is 23.8 Å². The quantitative estimate of drug-likeness (QED) is 0.787. The van der Waals surface area contributed by atoms with Gasteiger partial charge in [0.15, 0.2) is 0 Å². The minimum absolute atomic E-state index is 0.193. The van der Waals surface area contributed by atoms with Crippen LogP contribution in [0.2, 0.25) is 0 Å². The van der Waals surface area contributed by atoms with E-state index in [0.717, 1.165) is 24.4 Å². The third kappa shape index (κ3) is 5.05. The van der Waals surface area contributed by atoms with Crippen LogP contribution in [0, 0.1) is 0 Å². The number of hydrogen-bond acceptors (Lipinski definition) is 3. The molecule has 0 heterocycles. The first kappa shape index (κ1) is 16.9. The Balaban J connectivity index is 1.89. The minimum atomic E-state index is -0.926. The Morgan fingerprint density at radius 3 is 2.36 bits per heavy atom. The summed E-state index contributed by atoms with van der Waals surface area (Å²) >= 11 is 0. The molecule has 0 fully saturated rings. The highest BCUT2D eigenvalue weighted by Crippen LogP contribution is 2.18. The van der Waals surface area contributed by atoms with E-state index in [-0.39, 0.29) is 6.61 Å². The van der Waals surface area contributed by atoms with Gasteiger partial charge < -0.3 is 10.4 Å². The second-order valence-corrected chi connectivity index (χ2v) is 6.73. The van der Waals surface area contributed by atoms with Gasteiger partial charge in [-0.1, -0.05) is 42.5 Å². The van der Waals surface area contributed by atoms with Crippen LogP contribution in [0.3, 0.4) is 0 Å². The normalized spacial score (nSPS) is 13.7. The molecular weight excluding hydrogens is 294 g/mol. The fourth-order valence-electron chi connectivity index (χ4n) is 2.46.